The van der Waals surface area contributed by atoms with Crippen molar-refractivity contribution in [3.8, 4) is 0 Å². The van der Waals surface area contributed by atoms with Gasteiger partial charge in [0.2, 0.25) is 0 Å². The summed E-state index contributed by atoms with van der Waals surface area (Å²) in [6.07, 6.45) is 1.16. The van der Waals surface area contributed by atoms with Gasteiger partial charge in [0.25, 0.3) is 0 Å². The summed E-state index contributed by atoms with van der Waals surface area (Å²) in [7, 11) is 0. The summed E-state index contributed by atoms with van der Waals surface area (Å²) in [5.41, 5.74) is 0.527. The van der Waals surface area contributed by atoms with Gasteiger partial charge < -0.3 is 19.5 Å². The first kappa shape index (κ1) is 12.6. The Morgan fingerprint density at radius 2 is 2.28 bits per heavy atom. The number of ether oxygens (including phenoxy) is 1. The van der Waals surface area contributed by atoms with Crippen molar-refractivity contribution in [1.29, 1.82) is 0 Å². The summed E-state index contributed by atoms with van der Waals surface area (Å²) in [5, 5.41) is 18.1. The predicted octanol–water partition coefficient (Wildman–Crippen LogP) is 0.379. The van der Waals surface area contributed by atoms with Gasteiger partial charge >= 0.3 is 11.9 Å². The first-order valence-corrected chi connectivity index (χ1v) is 5.60. The third kappa shape index (κ3) is 2.21. The van der Waals surface area contributed by atoms with Gasteiger partial charge in [-0.2, -0.15) is 0 Å². The number of rotatable bonds is 4. The first-order valence-electron chi connectivity index (χ1n) is 5.60. The number of aromatic carboxylic acids is 1. The Hall–Kier alpha value is -1.89. The molecule has 0 radical (unpaired) electrons. The average molecular weight is 254 g/mol. The second kappa shape index (κ2) is 4.77. The summed E-state index contributed by atoms with van der Waals surface area (Å²) < 4.78 is 6.60. The second-order valence-electron chi connectivity index (χ2n) is 4.31. The van der Waals surface area contributed by atoms with Crippen molar-refractivity contribution in [2.75, 3.05) is 6.61 Å². The molecule has 0 unspecified atom stereocenters. The van der Waals surface area contributed by atoms with E-state index in [9.17, 15) is 9.59 Å². The Kier molecular flexibility index (Phi) is 3.33. The van der Waals surface area contributed by atoms with Gasteiger partial charge in [0.05, 0.1) is 12.0 Å². The first-order chi connectivity index (χ1) is 8.50. The molecule has 0 bridgehead atoms. The number of aryl methyl sites for hydroxylation is 1. The van der Waals surface area contributed by atoms with Crippen LogP contribution in [-0.4, -0.2) is 44.4 Å². The van der Waals surface area contributed by atoms with E-state index in [0.29, 0.717) is 25.3 Å². The summed E-state index contributed by atoms with van der Waals surface area (Å²) in [4.78, 5) is 26.0. The Balaban J connectivity index is 2.19. The molecule has 7 nitrogen and oxygen atoms in total. The van der Waals surface area contributed by atoms with E-state index in [4.69, 9.17) is 14.9 Å². The molecule has 1 aliphatic rings. The van der Waals surface area contributed by atoms with Gasteiger partial charge in [0.15, 0.2) is 6.10 Å². The fraction of sp³-hybridized carbons (Fsp3) is 0.545. The lowest BCUT2D eigenvalue weighted by molar-refractivity contribution is -0.149. The number of carboxylic acid groups (broad SMARTS) is 2. The third-order valence-electron chi connectivity index (χ3n) is 3.11. The molecule has 7 heteroatoms. The Morgan fingerprint density at radius 1 is 1.56 bits per heavy atom. The summed E-state index contributed by atoms with van der Waals surface area (Å²) in [6.45, 7) is 2.29. The van der Waals surface area contributed by atoms with Crippen molar-refractivity contribution in [3.63, 3.8) is 0 Å². The Morgan fingerprint density at radius 3 is 2.89 bits per heavy atom. The van der Waals surface area contributed by atoms with E-state index < -0.39 is 18.0 Å². The molecule has 0 saturated carbocycles. The quantitative estimate of drug-likeness (QED) is 0.805. The molecule has 18 heavy (non-hydrogen) atoms. The van der Waals surface area contributed by atoms with E-state index in [0.717, 1.165) is 0 Å². The van der Waals surface area contributed by atoms with Crippen LogP contribution in [0.25, 0.3) is 0 Å². The zero-order chi connectivity index (χ0) is 13.3. The number of aromatic nitrogens is 2. The number of carboxylic acids is 2. The maximum absolute atomic E-state index is 11.1. The molecule has 1 aromatic heterocycles. The van der Waals surface area contributed by atoms with Crippen LogP contribution in [-0.2, 0) is 16.1 Å². The summed E-state index contributed by atoms with van der Waals surface area (Å²) in [6, 6.07) is 0. The van der Waals surface area contributed by atoms with Crippen LogP contribution in [0, 0.1) is 12.8 Å². The van der Waals surface area contributed by atoms with Crippen LogP contribution in [0.1, 0.15) is 22.6 Å². The molecule has 0 amide bonds. The van der Waals surface area contributed by atoms with Crippen molar-refractivity contribution in [2.45, 2.75) is 26.0 Å². The van der Waals surface area contributed by atoms with E-state index in [-0.39, 0.29) is 11.6 Å². The second-order valence-corrected chi connectivity index (χ2v) is 4.31. The molecule has 0 spiro atoms. The van der Waals surface area contributed by atoms with Crippen LogP contribution in [0.5, 0.6) is 0 Å². The zero-order valence-electron chi connectivity index (χ0n) is 9.87. The zero-order valence-corrected chi connectivity index (χ0v) is 9.87. The standard InChI is InChI=1S/C11H14N2O5/c1-6-8(10(14)15)13(5-12-6)4-7-2-3-18-9(7)11(16)17/h5,7,9H,2-4H2,1H3,(H,14,15)(H,16,17)/t7-,9-/m0/s1. The van der Waals surface area contributed by atoms with Crippen molar-refractivity contribution in [1.82, 2.24) is 9.55 Å². The molecule has 2 atom stereocenters. The minimum atomic E-state index is -1.06. The van der Waals surface area contributed by atoms with Crippen molar-refractivity contribution >= 4 is 11.9 Å². The van der Waals surface area contributed by atoms with Gasteiger partial charge in [-0.15, -0.1) is 0 Å². The highest BCUT2D eigenvalue weighted by atomic mass is 16.5. The Bertz CT molecular complexity index is 482. The van der Waals surface area contributed by atoms with Crippen LogP contribution in [0.4, 0.5) is 0 Å². The minimum absolute atomic E-state index is 0.103. The van der Waals surface area contributed by atoms with Gasteiger partial charge in [-0.25, -0.2) is 14.6 Å². The van der Waals surface area contributed by atoms with Crippen LogP contribution in [0.3, 0.4) is 0 Å². The molecular formula is C11H14N2O5. The van der Waals surface area contributed by atoms with Gasteiger partial charge in [-0.05, 0) is 13.3 Å². The topological polar surface area (TPSA) is 102 Å². The highest BCUT2D eigenvalue weighted by molar-refractivity contribution is 5.86. The van der Waals surface area contributed by atoms with E-state index in [1.807, 2.05) is 0 Å². The smallest absolute Gasteiger partial charge is 0.354 e. The SMILES string of the molecule is Cc1ncn(C[C@@H]2CCO[C@@H]2C(=O)O)c1C(=O)O. The number of aliphatic carboxylic acids is 1. The number of carbonyl (C=O) groups is 2. The van der Waals surface area contributed by atoms with Gasteiger partial charge in [0.1, 0.15) is 5.69 Å². The molecule has 1 saturated heterocycles. The largest absolute Gasteiger partial charge is 0.479 e. The summed E-state index contributed by atoms with van der Waals surface area (Å²) in [5.74, 6) is -2.30. The fourth-order valence-electron chi connectivity index (χ4n) is 2.25. The fourth-order valence-corrected chi connectivity index (χ4v) is 2.25. The van der Waals surface area contributed by atoms with Crippen molar-refractivity contribution in [2.24, 2.45) is 5.92 Å². The lowest BCUT2D eigenvalue weighted by atomic mass is 10.0. The minimum Gasteiger partial charge on any atom is -0.479 e. The highest BCUT2D eigenvalue weighted by Gasteiger charge is 2.35. The van der Waals surface area contributed by atoms with Crippen molar-refractivity contribution in [3.05, 3.63) is 17.7 Å². The number of nitrogens with zero attached hydrogens (tertiary/aromatic N) is 2. The molecule has 98 valence electrons. The van der Waals surface area contributed by atoms with Crippen molar-refractivity contribution < 1.29 is 24.5 Å². The number of hydrogen-bond acceptors (Lipinski definition) is 4. The van der Waals surface area contributed by atoms with Gasteiger partial charge in [0, 0.05) is 19.1 Å². The monoisotopic (exact) mass is 254 g/mol. The molecule has 2 rings (SSSR count). The van der Waals surface area contributed by atoms with Crippen LogP contribution in [0.15, 0.2) is 6.33 Å². The lowest BCUT2D eigenvalue weighted by Crippen LogP contribution is -2.29. The molecular weight excluding hydrogens is 240 g/mol. The summed E-state index contributed by atoms with van der Waals surface area (Å²) >= 11 is 0. The molecule has 0 aliphatic carbocycles. The number of imidazole rings is 1. The van der Waals surface area contributed by atoms with Gasteiger partial charge in [-0.3, -0.25) is 0 Å². The maximum Gasteiger partial charge on any atom is 0.354 e. The molecule has 2 heterocycles. The predicted molar refractivity (Wildman–Crippen MR) is 59.4 cm³/mol. The normalized spacial score (nSPS) is 23.2. The van der Waals surface area contributed by atoms with Crippen LogP contribution < -0.4 is 0 Å². The maximum atomic E-state index is 11.1. The average Bonchev–Trinajstić information content (AvgIpc) is 2.86. The van der Waals surface area contributed by atoms with E-state index in [1.165, 1.54) is 10.9 Å². The molecule has 1 aromatic rings. The Labute approximate surface area is 103 Å². The van der Waals surface area contributed by atoms with E-state index in [2.05, 4.69) is 4.98 Å². The van der Waals surface area contributed by atoms with Crippen LogP contribution >= 0.6 is 0 Å². The van der Waals surface area contributed by atoms with E-state index >= 15 is 0 Å². The molecule has 2 N–H and O–H groups in total. The highest BCUT2D eigenvalue weighted by Crippen LogP contribution is 2.24. The molecule has 0 aromatic carbocycles. The van der Waals surface area contributed by atoms with Crippen LogP contribution in [0.2, 0.25) is 0 Å². The third-order valence-corrected chi connectivity index (χ3v) is 3.11. The lowest BCUT2D eigenvalue weighted by Gasteiger charge is -2.15. The number of hydrogen-bond donors (Lipinski definition) is 2. The van der Waals surface area contributed by atoms with E-state index in [1.54, 1.807) is 6.92 Å². The molecule has 1 aliphatic heterocycles. The molecule has 1 fully saturated rings. The van der Waals surface area contributed by atoms with Gasteiger partial charge in [-0.1, -0.05) is 0 Å².